The molecule has 2 heterocycles. The van der Waals surface area contributed by atoms with E-state index < -0.39 is 0 Å². The SMILES string of the molecule is COc1ccccc1N1CCN(c2ccc(SCC(=O)Nc3cccc(Cl)c3C)nn2)CC1. The van der Waals surface area contributed by atoms with E-state index in [-0.39, 0.29) is 11.7 Å². The van der Waals surface area contributed by atoms with Crippen molar-refractivity contribution in [2.45, 2.75) is 11.9 Å². The van der Waals surface area contributed by atoms with E-state index in [4.69, 9.17) is 16.3 Å². The highest BCUT2D eigenvalue weighted by molar-refractivity contribution is 7.99. The molecule has 1 fully saturated rings. The van der Waals surface area contributed by atoms with Crippen molar-refractivity contribution in [3.05, 3.63) is 65.2 Å². The first-order chi connectivity index (χ1) is 16.0. The molecule has 3 aromatic rings. The number of halogens is 1. The molecule has 172 valence electrons. The number of amides is 1. The Labute approximate surface area is 203 Å². The Morgan fingerprint density at radius 2 is 1.79 bits per heavy atom. The van der Waals surface area contributed by atoms with Gasteiger partial charge in [0.05, 0.1) is 18.6 Å². The van der Waals surface area contributed by atoms with Gasteiger partial charge in [0, 0.05) is 36.9 Å². The molecule has 33 heavy (non-hydrogen) atoms. The van der Waals surface area contributed by atoms with Crippen LogP contribution in [0.3, 0.4) is 0 Å². The third kappa shape index (κ3) is 5.69. The second kappa shape index (κ2) is 10.8. The number of piperazine rings is 1. The fourth-order valence-electron chi connectivity index (χ4n) is 3.69. The monoisotopic (exact) mass is 483 g/mol. The average molecular weight is 484 g/mol. The Morgan fingerprint density at radius 3 is 2.52 bits per heavy atom. The van der Waals surface area contributed by atoms with Crippen LogP contribution >= 0.6 is 23.4 Å². The number of benzene rings is 2. The van der Waals surface area contributed by atoms with E-state index in [0.717, 1.165) is 54.7 Å². The molecule has 1 aliphatic heterocycles. The van der Waals surface area contributed by atoms with E-state index in [1.165, 1.54) is 11.8 Å². The first-order valence-corrected chi connectivity index (χ1v) is 12.1. The van der Waals surface area contributed by atoms with Gasteiger partial charge >= 0.3 is 0 Å². The summed E-state index contributed by atoms with van der Waals surface area (Å²) in [5.74, 6) is 1.88. The highest BCUT2D eigenvalue weighted by Crippen LogP contribution is 2.29. The number of para-hydroxylation sites is 2. The van der Waals surface area contributed by atoms with E-state index in [1.807, 2.05) is 49.4 Å². The molecule has 0 unspecified atom stereocenters. The highest BCUT2D eigenvalue weighted by Gasteiger charge is 2.20. The van der Waals surface area contributed by atoms with E-state index >= 15 is 0 Å². The molecule has 1 aromatic heterocycles. The number of nitrogens with zero attached hydrogens (tertiary/aromatic N) is 4. The van der Waals surface area contributed by atoms with Crippen molar-refractivity contribution in [1.82, 2.24) is 10.2 Å². The average Bonchev–Trinajstić information content (AvgIpc) is 2.86. The smallest absolute Gasteiger partial charge is 0.234 e. The lowest BCUT2D eigenvalue weighted by Crippen LogP contribution is -2.47. The lowest BCUT2D eigenvalue weighted by atomic mass is 10.2. The van der Waals surface area contributed by atoms with Gasteiger partial charge in [-0.15, -0.1) is 10.2 Å². The number of ether oxygens (including phenoxy) is 1. The normalized spacial score (nSPS) is 13.7. The quantitative estimate of drug-likeness (QED) is 0.496. The van der Waals surface area contributed by atoms with Gasteiger partial charge in [0.25, 0.3) is 0 Å². The zero-order chi connectivity index (χ0) is 23.2. The molecule has 0 saturated carbocycles. The zero-order valence-electron chi connectivity index (χ0n) is 18.6. The summed E-state index contributed by atoms with van der Waals surface area (Å²) in [6, 6.07) is 17.4. The summed E-state index contributed by atoms with van der Waals surface area (Å²) in [5, 5.41) is 12.9. The molecule has 9 heteroatoms. The van der Waals surface area contributed by atoms with Crippen molar-refractivity contribution in [3.63, 3.8) is 0 Å². The third-order valence-electron chi connectivity index (χ3n) is 5.55. The molecule has 0 atom stereocenters. The Morgan fingerprint density at radius 1 is 1.03 bits per heavy atom. The van der Waals surface area contributed by atoms with Gasteiger partial charge in [-0.05, 0) is 48.9 Å². The Kier molecular flexibility index (Phi) is 7.57. The van der Waals surface area contributed by atoms with Crippen molar-refractivity contribution < 1.29 is 9.53 Å². The molecule has 0 spiro atoms. The minimum absolute atomic E-state index is 0.108. The summed E-state index contributed by atoms with van der Waals surface area (Å²) in [5.41, 5.74) is 2.69. The van der Waals surface area contributed by atoms with E-state index in [1.54, 1.807) is 13.2 Å². The predicted octanol–water partition coefficient (Wildman–Crippen LogP) is 4.50. The Hall–Kier alpha value is -2.97. The number of hydrogen-bond acceptors (Lipinski definition) is 7. The van der Waals surface area contributed by atoms with Gasteiger partial charge in [0.15, 0.2) is 5.82 Å². The third-order valence-corrected chi connectivity index (χ3v) is 6.88. The second-order valence-corrected chi connectivity index (χ2v) is 9.03. The van der Waals surface area contributed by atoms with E-state index in [9.17, 15) is 4.79 Å². The molecule has 1 N–H and O–H groups in total. The first-order valence-electron chi connectivity index (χ1n) is 10.7. The van der Waals surface area contributed by atoms with Crippen molar-refractivity contribution in [2.24, 2.45) is 0 Å². The van der Waals surface area contributed by atoms with Crippen LogP contribution in [-0.2, 0) is 4.79 Å². The number of thioether (sulfide) groups is 1. The van der Waals surface area contributed by atoms with Crippen LogP contribution in [0.2, 0.25) is 5.02 Å². The van der Waals surface area contributed by atoms with Crippen LogP contribution in [0.5, 0.6) is 5.75 Å². The maximum Gasteiger partial charge on any atom is 0.234 e. The number of carbonyl (C=O) groups excluding carboxylic acids is 1. The summed E-state index contributed by atoms with van der Waals surface area (Å²) in [4.78, 5) is 16.9. The van der Waals surface area contributed by atoms with Gasteiger partial charge in [-0.2, -0.15) is 0 Å². The number of aromatic nitrogens is 2. The largest absolute Gasteiger partial charge is 0.495 e. The summed E-state index contributed by atoms with van der Waals surface area (Å²) < 4.78 is 5.49. The standard InChI is InChI=1S/C24H26ClN5O2S/c1-17-18(25)6-5-7-19(17)26-23(31)16-33-24-11-10-22(27-28-24)30-14-12-29(13-15-30)20-8-3-4-9-21(20)32-2/h3-11H,12-16H2,1-2H3,(H,26,31). The number of methoxy groups -OCH3 is 1. The van der Waals surface area contributed by atoms with Crippen LogP contribution < -0.4 is 19.9 Å². The Bertz CT molecular complexity index is 1100. The maximum atomic E-state index is 12.3. The van der Waals surface area contributed by atoms with Crippen LogP contribution in [0.4, 0.5) is 17.2 Å². The lowest BCUT2D eigenvalue weighted by molar-refractivity contribution is -0.113. The summed E-state index contributed by atoms with van der Waals surface area (Å²) in [7, 11) is 1.70. The van der Waals surface area contributed by atoms with Crippen molar-refractivity contribution in [1.29, 1.82) is 0 Å². The fraction of sp³-hybridized carbons (Fsp3) is 0.292. The minimum atomic E-state index is -0.108. The number of carbonyl (C=O) groups is 1. The molecule has 1 amide bonds. The molecule has 0 bridgehead atoms. The topological polar surface area (TPSA) is 70.6 Å². The number of anilines is 3. The summed E-state index contributed by atoms with van der Waals surface area (Å²) in [6.45, 7) is 5.33. The van der Waals surface area contributed by atoms with Gasteiger partial charge in [-0.25, -0.2) is 0 Å². The molecule has 1 saturated heterocycles. The van der Waals surface area contributed by atoms with E-state index in [0.29, 0.717) is 10.0 Å². The van der Waals surface area contributed by atoms with Crippen LogP contribution in [-0.4, -0.2) is 55.1 Å². The van der Waals surface area contributed by atoms with E-state index in [2.05, 4.69) is 31.4 Å². The first kappa shape index (κ1) is 23.2. The van der Waals surface area contributed by atoms with Gasteiger partial charge in [-0.1, -0.05) is 41.6 Å². The Balaban J connectivity index is 1.28. The van der Waals surface area contributed by atoms with Gasteiger partial charge < -0.3 is 19.9 Å². The van der Waals surface area contributed by atoms with Crippen LogP contribution in [0.25, 0.3) is 0 Å². The fourth-order valence-corrected chi connectivity index (χ4v) is 4.48. The number of hydrogen-bond donors (Lipinski definition) is 1. The molecule has 0 radical (unpaired) electrons. The van der Waals surface area contributed by atoms with Crippen molar-refractivity contribution in [3.8, 4) is 5.75 Å². The predicted molar refractivity (Wildman–Crippen MR) is 135 cm³/mol. The molecular weight excluding hydrogens is 458 g/mol. The molecular formula is C24H26ClN5O2S. The number of nitrogens with one attached hydrogen (secondary N) is 1. The summed E-state index contributed by atoms with van der Waals surface area (Å²) >= 11 is 7.47. The molecule has 2 aromatic carbocycles. The zero-order valence-corrected chi connectivity index (χ0v) is 20.2. The maximum absolute atomic E-state index is 12.3. The van der Waals surface area contributed by atoms with Crippen LogP contribution in [0.15, 0.2) is 59.6 Å². The molecule has 4 rings (SSSR count). The minimum Gasteiger partial charge on any atom is -0.495 e. The van der Waals surface area contributed by atoms with Crippen molar-refractivity contribution >= 4 is 46.5 Å². The van der Waals surface area contributed by atoms with Crippen LogP contribution in [0, 0.1) is 6.92 Å². The number of rotatable bonds is 7. The van der Waals surface area contributed by atoms with Gasteiger partial charge in [-0.3, -0.25) is 4.79 Å². The van der Waals surface area contributed by atoms with Crippen molar-refractivity contribution in [2.75, 3.05) is 54.2 Å². The summed E-state index contributed by atoms with van der Waals surface area (Å²) in [6.07, 6.45) is 0. The second-order valence-electron chi connectivity index (χ2n) is 7.62. The highest BCUT2D eigenvalue weighted by atomic mass is 35.5. The lowest BCUT2D eigenvalue weighted by Gasteiger charge is -2.37. The van der Waals surface area contributed by atoms with Gasteiger partial charge in [0.1, 0.15) is 10.8 Å². The van der Waals surface area contributed by atoms with Crippen LogP contribution in [0.1, 0.15) is 5.56 Å². The van der Waals surface area contributed by atoms with Gasteiger partial charge in [0.2, 0.25) is 5.91 Å². The molecule has 0 aliphatic carbocycles. The molecule has 7 nitrogen and oxygen atoms in total. The molecule has 1 aliphatic rings.